The molecule has 9 heteroatoms. The van der Waals surface area contributed by atoms with E-state index < -0.39 is 21.9 Å². The highest BCUT2D eigenvalue weighted by atomic mass is 32.2. The normalized spacial score (nSPS) is 17.9. The zero-order chi connectivity index (χ0) is 20.3. The molecule has 1 aliphatic heterocycles. The lowest BCUT2D eigenvalue weighted by molar-refractivity contribution is 0.0607. The fraction of sp³-hybridized carbons (Fsp3) is 0.368. The molecule has 0 spiro atoms. The number of benzene rings is 1. The number of carbonyl (C=O) groups is 2. The summed E-state index contributed by atoms with van der Waals surface area (Å²) in [5.74, 6) is -1.03. The van der Waals surface area contributed by atoms with Crippen molar-refractivity contribution >= 4 is 38.9 Å². The maximum absolute atomic E-state index is 13.0. The minimum atomic E-state index is -3.67. The largest absolute Gasteiger partial charge is 0.465 e. The average molecular weight is 423 g/mol. The Morgan fingerprint density at radius 3 is 2.75 bits per heavy atom. The summed E-state index contributed by atoms with van der Waals surface area (Å²) in [5.41, 5.74) is 0.535. The quantitative estimate of drug-likeness (QED) is 0.746. The highest BCUT2D eigenvalue weighted by molar-refractivity contribution is 7.89. The van der Waals surface area contributed by atoms with Crippen molar-refractivity contribution in [2.24, 2.45) is 0 Å². The first-order valence-corrected chi connectivity index (χ1v) is 11.3. The number of carbonyl (C=O) groups excluding carboxylic acids is 2. The van der Waals surface area contributed by atoms with Crippen LogP contribution >= 0.6 is 11.3 Å². The summed E-state index contributed by atoms with van der Waals surface area (Å²) in [7, 11) is -2.41. The number of ether oxygens (including phenoxy) is 1. The molecule has 3 rings (SSSR count). The van der Waals surface area contributed by atoms with Crippen LogP contribution in [0, 0.1) is 0 Å². The van der Waals surface area contributed by atoms with Crippen LogP contribution in [0.2, 0.25) is 0 Å². The van der Waals surface area contributed by atoms with Crippen LogP contribution in [-0.4, -0.2) is 44.3 Å². The van der Waals surface area contributed by atoms with E-state index in [1.165, 1.54) is 29.6 Å². The van der Waals surface area contributed by atoms with Crippen molar-refractivity contribution in [2.75, 3.05) is 19.0 Å². The molecule has 1 saturated heterocycles. The predicted octanol–water partition coefficient (Wildman–Crippen LogP) is 3.35. The number of sulfonamides is 1. The van der Waals surface area contributed by atoms with Gasteiger partial charge in [-0.05, 0) is 49.4 Å². The topological polar surface area (TPSA) is 92.8 Å². The molecule has 1 aliphatic rings. The molecular formula is C19H22N2O5S2. The Kier molecular flexibility index (Phi) is 6.17. The Morgan fingerprint density at radius 2 is 2.04 bits per heavy atom. The summed E-state index contributed by atoms with van der Waals surface area (Å²) in [6.45, 7) is 2.38. The number of methoxy groups -OCH3 is 1. The van der Waals surface area contributed by atoms with Crippen molar-refractivity contribution in [2.45, 2.75) is 37.1 Å². The number of esters is 1. The number of hydrogen-bond acceptors (Lipinski definition) is 6. The molecule has 0 aliphatic carbocycles. The van der Waals surface area contributed by atoms with Crippen LogP contribution in [0.3, 0.4) is 0 Å². The smallest absolute Gasteiger partial charge is 0.350 e. The van der Waals surface area contributed by atoms with E-state index in [4.69, 9.17) is 4.74 Å². The van der Waals surface area contributed by atoms with Crippen molar-refractivity contribution in [1.29, 1.82) is 0 Å². The highest BCUT2D eigenvalue weighted by Gasteiger charge is 2.31. The fourth-order valence-corrected chi connectivity index (χ4v) is 5.73. The number of nitrogens with zero attached hydrogens (tertiary/aromatic N) is 1. The molecule has 1 N–H and O–H groups in total. The Balaban J connectivity index is 1.84. The minimum absolute atomic E-state index is 0.0651. The second-order valence-corrected chi connectivity index (χ2v) is 9.40. The van der Waals surface area contributed by atoms with Crippen LogP contribution in [0.15, 0.2) is 40.6 Å². The van der Waals surface area contributed by atoms with Gasteiger partial charge in [-0.1, -0.05) is 12.5 Å². The van der Waals surface area contributed by atoms with Gasteiger partial charge in [0.15, 0.2) is 0 Å². The van der Waals surface area contributed by atoms with E-state index in [-0.39, 0.29) is 21.4 Å². The zero-order valence-corrected chi connectivity index (χ0v) is 17.3. The molecule has 150 valence electrons. The van der Waals surface area contributed by atoms with E-state index in [1.54, 1.807) is 17.5 Å². The predicted molar refractivity (Wildman–Crippen MR) is 107 cm³/mol. The van der Waals surface area contributed by atoms with E-state index >= 15 is 0 Å². The molecule has 28 heavy (non-hydrogen) atoms. The SMILES string of the molecule is COC(=O)c1sccc1NC(=O)c1cccc(S(=O)(=O)N2CCCCC2C)c1. The zero-order valence-electron chi connectivity index (χ0n) is 15.7. The van der Waals surface area contributed by atoms with Gasteiger partial charge < -0.3 is 10.1 Å². The third-order valence-electron chi connectivity index (χ3n) is 4.73. The second kappa shape index (κ2) is 8.42. The number of thiophene rings is 1. The minimum Gasteiger partial charge on any atom is -0.465 e. The third-order valence-corrected chi connectivity index (χ3v) is 7.63. The summed E-state index contributed by atoms with van der Waals surface area (Å²) in [5, 5.41) is 4.32. The number of nitrogens with one attached hydrogen (secondary N) is 1. The molecule has 1 aromatic heterocycles. The number of amides is 1. The summed E-state index contributed by atoms with van der Waals surface area (Å²) in [4.78, 5) is 24.8. The molecule has 2 aromatic rings. The second-order valence-electron chi connectivity index (χ2n) is 6.60. The molecule has 1 atom stereocenters. The van der Waals surface area contributed by atoms with Crippen molar-refractivity contribution in [3.8, 4) is 0 Å². The number of piperidine rings is 1. The van der Waals surface area contributed by atoms with Crippen molar-refractivity contribution < 1.29 is 22.7 Å². The Labute approximate surface area is 168 Å². The van der Waals surface area contributed by atoms with Crippen LogP contribution < -0.4 is 5.32 Å². The molecule has 2 heterocycles. The lowest BCUT2D eigenvalue weighted by Gasteiger charge is -2.32. The fourth-order valence-electron chi connectivity index (χ4n) is 3.21. The number of hydrogen-bond donors (Lipinski definition) is 1. The van der Waals surface area contributed by atoms with Gasteiger partial charge in [0.1, 0.15) is 4.88 Å². The van der Waals surface area contributed by atoms with Crippen molar-refractivity contribution in [1.82, 2.24) is 4.31 Å². The van der Waals surface area contributed by atoms with Gasteiger partial charge in [-0.25, -0.2) is 13.2 Å². The van der Waals surface area contributed by atoms with Crippen LogP contribution in [0.1, 0.15) is 46.2 Å². The third kappa shape index (κ3) is 4.11. The summed E-state index contributed by atoms with van der Waals surface area (Å²) in [6.07, 6.45) is 2.67. The molecule has 7 nitrogen and oxygen atoms in total. The molecule has 1 aromatic carbocycles. The van der Waals surface area contributed by atoms with Crippen molar-refractivity contribution in [3.63, 3.8) is 0 Å². The van der Waals surface area contributed by atoms with Gasteiger partial charge in [-0.15, -0.1) is 11.3 Å². The molecule has 0 radical (unpaired) electrons. The maximum Gasteiger partial charge on any atom is 0.350 e. The highest BCUT2D eigenvalue weighted by Crippen LogP contribution is 2.27. The standard InChI is InChI=1S/C19H22N2O5S2/c1-13-6-3-4-10-21(13)28(24,25)15-8-5-7-14(12-15)18(22)20-16-9-11-27-17(16)19(23)26-2/h5,7-9,11-13H,3-4,6,10H2,1-2H3,(H,20,22). The van der Waals surface area contributed by atoms with Crippen LogP contribution in [0.25, 0.3) is 0 Å². The molecule has 1 amide bonds. The number of rotatable bonds is 5. The Morgan fingerprint density at radius 1 is 1.25 bits per heavy atom. The first kappa shape index (κ1) is 20.5. The van der Waals surface area contributed by atoms with Crippen LogP contribution in [0.5, 0.6) is 0 Å². The van der Waals surface area contributed by atoms with Gasteiger partial charge in [0.25, 0.3) is 5.91 Å². The van der Waals surface area contributed by atoms with Crippen LogP contribution in [0.4, 0.5) is 5.69 Å². The first-order valence-electron chi connectivity index (χ1n) is 8.93. The van der Waals surface area contributed by atoms with E-state index in [9.17, 15) is 18.0 Å². The Hall–Kier alpha value is -2.23. The summed E-state index contributed by atoms with van der Waals surface area (Å²) in [6, 6.07) is 7.49. The van der Waals surface area contributed by atoms with Gasteiger partial charge in [-0.3, -0.25) is 4.79 Å². The van der Waals surface area contributed by atoms with Gasteiger partial charge in [0.05, 0.1) is 17.7 Å². The van der Waals surface area contributed by atoms with E-state index in [0.717, 1.165) is 30.6 Å². The number of anilines is 1. The first-order chi connectivity index (χ1) is 13.3. The molecule has 0 bridgehead atoms. The van der Waals surface area contributed by atoms with Crippen molar-refractivity contribution in [3.05, 3.63) is 46.2 Å². The van der Waals surface area contributed by atoms with Crippen LogP contribution in [-0.2, 0) is 14.8 Å². The Bertz CT molecular complexity index is 984. The molecule has 1 unspecified atom stereocenters. The lowest BCUT2D eigenvalue weighted by atomic mass is 10.1. The van der Waals surface area contributed by atoms with E-state index in [2.05, 4.69) is 5.32 Å². The van der Waals surface area contributed by atoms with Gasteiger partial charge in [0.2, 0.25) is 10.0 Å². The van der Waals surface area contributed by atoms with E-state index in [0.29, 0.717) is 12.2 Å². The lowest BCUT2D eigenvalue weighted by Crippen LogP contribution is -2.41. The molecular weight excluding hydrogens is 400 g/mol. The van der Waals surface area contributed by atoms with Gasteiger partial charge in [0, 0.05) is 18.2 Å². The van der Waals surface area contributed by atoms with Gasteiger partial charge in [-0.2, -0.15) is 4.31 Å². The summed E-state index contributed by atoms with van der Waals surface area (Å²) >= 11 is 1.15. The molecule has 1 fully saturated rings. The average Bonchev–Trinajstić information content (AvgIpc) is 3.15. The van der Waals surface area contributed by atoms with E-state index in [1.807, 2.05) is 6.92 Å². The van der Waals surface area contributed by atoms with Gasteiger partial charge >= 0.3 is 5.97 Å². The maximum atomic E-state index is 13.0. The monoisotopic (exact) mass is 422 g/mol. The summed E-state index contributed by atoms with van der Waals surface area (Å²) < 4.78 is 32.2. The molecule has 0 saturated carbocycles.